The molecule has 0 saturated carbocycles. The van der Waals surface area contributed by atoms with Gasteiger partial charge in [0.2, 0.25) is 5.76 Å². The van der Waals surface area contributed by atoms with E-state index in [2.05, 4.69) is 12.2 Å². The molecule has 6 heteroatoms. The Labute approximate surface area is 140 Å². The van der Waals surface area contributed by atoms with Gasteiger partial charge in [-0.25, -0.2) is 4.79 Å². The molecule has 24 heavy (non-hydrogen) atoms. The number of ether oxygens (including phenoxy) is 1. The van der Waals surface area contributed by atoms with Gasteiger partial charge in [-0.2, -0.15) is 0 Å². The van der Waals surface area contributed by atoms with Crippen LogP contribution >= 0.6 is 0 Å². The van der Waals surface area contributed by atoms with Crippen molar-refractivity contribution >= 4 is 11.9 Å². The van der Waals surface area contributed by atoms with Crippen molar-refractivity contribution < 1.29 is 23.8 Å². The summed E-state index contributed by atoms with van der Waals surface area (Å²) in [6, 6.07) is 10.4. The molecule has 0 saturated heterocycles. The van der Waals surface area contributed by atoms with Gasteiger partial charge in [0.15, 0.2) is 5.76 Å². The molecule has 1 heterocycles. The fraction of sp³-hybridized carbons (Fsp3) is 0.333. The van der Waals surface area contributed by atoms with Crippen LogP contribution in [0.5, 0.6) is 5.75 Å². The van der Waals surface area contributed by atoms with Crippen molar-refractivity contribution in [2.45, 2.75) is 26.2 Å². The number of hydrogen-bond acceptors (Lipinski definition) is 4. The molecular formula is C18H21NO5. The Bertz CT molecular complexity index is 675. The lowest BCUT2D eigenvalue weighted by Gasteiger charge is -2.07. The van der Waals surface area contributed by atoms with Gasteiger partial charge in [-0.15, -0.1) is 0 Å². The summed E-state index contributed by atoms with van der Waals surface area (Å²) in [5.74, 6) is -1.05. The fourth-order valence-corrected chi connectivity index (χ4v) is 2.07. The van der Waals surface area contributed by atoms with E-state index in [1.807, 2.05) is 24.3 Å². The molecule has 1 amide bonds. The maximum Gasteiger partial charge on any atom is 0.371 e. The zero-order valence-corrected chi connectivity index (χ0v) is 13.6. The average molecular weight is 331 g/mol. The Kier molecular flexibility index (Phi) is 6.42. The van der Waals surface area contributed by atoms with E-state index in [-0.39, 0.29) is 11.5 Å². The largest absolute Gasteiger partial charge is 0.494 e. The smallest absolute Gasteiger partial charge is 0.371 e. The van der Waals surface area contributed by atoms with Crippen LogP contribution in [-0.2, 0) is 6.42 Å². The molecule has 128 valence electrons. The van der Waals surface area contributed by atoms with Crippen molar-refractivity contribution in [2.75, 3.05) is 13.2 Å². The molecule has 0 aliphatic heterocycles. The van der Waals surface area contributed by atoms with Crippen LogP contribution in [0.2, 0.25) is 0 Å². The normalized spacial score (nSPS) is 10.4. The maximum atomic E-state index is 11.9. The summed E-state index contributed by atoms with van der Waals surface area (Å²) in [6.45, 7) is 3.26. The Balaban J connectivity index is 1.76. The van der Waals surface area contributed by atoms with E-state index in [1.165, 1.54) is 12.1 Å². The molecular weight excluding hydrogens is 310 g/mol. The van der Waals surface area contributed by atoms with Crippen LogP contribution in [0.15, 0.2) is 40.8 Å². The Morgan fingerprint density at radius 1 is 1.12 bits per heavy atom. The van der Waals surface area contributed by atoms with Gasteiger partial charge in [-0.1, -0.05) is 25.5 Å². The highest BCUT2D eigenvalue weighted by molar-refractivity contribution is 5.93. The first-order valence-electron chi connectivity index (χ1n) is 7.93. The number of aromatic carboxylic acids is 1. The van der Waals surface area contributed by atoms with Crippen LogP contribution < -0.4 is 10.1 Å². The molecule has 0 unspecified atom stereocenters. The third kappa shape index (κ3) is 5.15. The van der Waals surface area contributed by atoms with E-state index in [0.717, 1.165) is 24.2 Å². The topological polar surface area (TPSA) is 88.8 Å². The Hall–Kier alpha value is -2.76. The van der Waals surface area contributed by atoms with E-state index < -0.39 is 11.9 Å². The Morgan fingerprint density at radius 3 is 2.46 bits per heavy atom. The second-order valence-corrected chi connectivity index (χ2v) is 5.32. The first kappa shape index (κ1) is 17.6. The summed E-state index contributed by atoms with van der Waals surface area (Å²) < 4.78 is 10.5. The average Bonchev–Trinajstić information content (AvgIpc) is 3.07. The van der Waals surface area contributed by atoms with Gasteiger partial charge in [-0.05, 0) is 42.7 Å². The Morgan fingerprint density at radius 2 is 1.83 bits per heavy atom. The highest BCUT2D eigenvalue weighted by Crippen LogP contribution is 2.13. The fourth-order valence-electron chi connectivity index (χ4n) is 2.07. The summed E-state index contributed by atoms with van der Waals surface area (Å²) in [7, 11) is 0. The molecule has 0 fully saturated rings. The molecule has 2 N–H and O–H groups in total. The van der Waals surface area contributed by atoms with Gasteiger partial charge in [0.1, 0.15) is 5.75 Å². The van der Waals surface area contributed by atoms with Crippen molar-refractivity contribution in [3.8, 4) is 5.75 Å². The first-order chi connectivity index (χ1) is 11.6. The number of unbranched alkanes of at least 4 members (excludes halogenated alkanes) is 1. The summed E-state index contributed by atoms with van der Waals surface area (Å²) in [5, 5.41) is 11.5. The van der Waals surface area contributed by atoms with Crippen molar-refractivity contribution in [1.82, 2.24) is 5.32 Å². The molecule has 6 nitrogen and oxygen atoms in total. The molecule has 0 atom stereocenters. The molecule has 1 aromatic heterocycles. The highest BCUT2D eigenvalue weighted by atomic mass is 16.5. The summed E-state index contributed by atoms with van der Waals surface area (Å²) in [4.78, 5) is 22.6. The number of amides is 1. The molecule has 0 aliphatic carbocycles. The zero-order valence-electron chi connectivity index (χ0n) is 13.6. The standard InChI is InChI=1S/C18H21NO5/c1-2-3-12-23-14-6-4-13(5-7-14)10-11-19-17(20)15-8-9-16(24-15)18(21)22/h4-9H,2-3,10-12H2,1H3,(H,19,20)(H,21,22). The van der Waals surface area contributed by atoms with Crippen molar-refractivity contribution in [3.05, 3.63) is 53.5 Å². The second kappa shape index (κ2) is 8.76. The number of nitrogens with one attached hydrogen (secondary N) is 1. The zero-order chi connectivity index (χ0) is 17.4. The third-order valence-corrected chi connectivity index (χ3v) is 3.43. The summed E-state index contributed by atoms with van der Waals surface area (Å²) >= 11 is 0. The molecule has 1 aromatic carbocycles. The minimum atomic E-state index is -1.20. The molecule has 0 spiro atoms. The second-order valence-electron chi connectivity index (χ2n) is 5.32. The van der Waals surface area contributed by atoms with Crippen LogP contribution in [0.4, 0.5) is 0 Å². The van der Waals surface area contributed by atoms with Crippen LogP contribution in [0.1, 0.15) is 46.4 Å². The lowest BCUT2D eigenvalue weighted by atomic mass is 10.1. The van der Waals surface area contributed by atoms with Crippen molar-refractivity contribution in [2.24, 2.45) is 0 Å². The number of carbonyl (C=O) groups is 2. The lowest BCUT2D eigenvalue weighted by Crippen LogP contribution is -2.25. The van der Waals surface area contributed by atoms with Crippen LogP contribution in [0, 0.1) is 0 Å². The van der Waals surface area contributed by atoms with Gasteiger partial charge < -0.3 is 19.6 Å². The highest BCUT2D eigenvalue weighted by Gasteiger charge is 2.14. The minimum absolute atomic E-state index is 0.00734. The molecule has 0 aliphatic rings. The first-order valence-corrected chi connectivity index (χ1v) is 7.93. The third-order valence-electron chi connectivity index (χ3n) is 3.43. The van der Waals surface area contributed by atoms with E-state index in [0.29, 0.717) is 19.6 Å². The van der Waals surface area contributed by atoms with Gasteiger partial charge in [0, 0.05) is 6.54 Å². The van der Waals surface area contributed by atoms with E-state index in [4.69, 9.17) is 14.3 Å². The number of carbonyl (C=O) groups excluding carboxylic acids is 1. The number of rotatable bonds is 9. The predicted molar refractivity (Wildman–Crippen MR) is 88.5 cm³/mol. The minimum Gasteiger partial charge on any atom is -0.494 e. The van der Waals surface area contributed by atoms with Crippen molar-refractivity contribution in [1.29, 1.82) is 0 Å². The number of carboxylic acids is 1. The predicted octanol–water partition coefficient (Wildman–Crippen LogP) is 3.13. The lowest BCUT2D eigenvalue weighted by molar-refractivity contribution is 0.0659. The maximum absolute atomic E-state index is 11.9. The van der Waals surface area contributed by atoms with Crippen LogP contribution in [0.3, 0.4) is 0 Å². The number of hydrogen-bond donors (Lipinski definition) is 2. The summed E-state index contributed by atoms with van der Waals surface area (Å²) in [5.41, 5.74) is 1.07. The van der Waals surface area contributed by atoms with Gasteiger partial charge >= 0.3 is 5.97 Å². The van der Waals surface area contributed by atoms with Crippen LogP contribution in [0.25, 0.3) is 0 Å². The van der Waals surface area contributed by atoms with Gasteiger partial charge in [0.05, 0.1) is 6.61 Å². The molecule has 0 bridgehead atoms. The molecule has 2 aromatic rings. The molecule has 2 rings (SSSR count). The van der Waals surface area contributed by atoms with Crippen molar-refractivity contribution in [3.63, 3.8) is 0 Å². The summed E-state index contributed by atoms with van der Waals surface area (Å²) in [6.07, 6.45) is 2.79. The monoisotopic (exact) mass is 331 g/mol. The quantitative estimate of drug-likeness (QED) is 0.689. The van der Waals surface area contributed by atoms with E-state index >= 15 is 0 Å². The van der Waals surface area contributed by atoms with Crippen LogP contribution in [-0.4, -0.2) is 30.1 Å². The van der Waals surface area contributed by atoms with Gasteiger partial charge in [0.25, 0.3) is 5.91 Å². The number of furan rings is 1. The van der Waals surface area contributed by atoms with E-state index in [1.54, 1.807) is 0 Å². The SMILES string of the molecule is CCCCOc1ccc(CCNC(=O)c2ccc(C(=O)O)o2)cc1. The van der Waals surface area contributed by atoms with E-state index in [9.17, 15) is 9.59 Å². The number of carboxylic acid groups (broad SMARTS) is 1. The van der Waals surface area contributed by atoms with Gasteiger partial charge in [-0.3, -0.25) is 4.79 Å². The number of benzene rings is 1. The molecule has 0 radical (unpaired) electrons.